The van der Waals surface area contributed by atoms with Crippen LogP contribution >= 0.6 is 22.6 Å². The van der Waals surface area contributed by atoms with E-state index in [9.17, 15) is 0 Å². The predicted molar refractivity (Wildman–Crippen MR) is 90.3 cm³/mol. The maximum Gasteiger partial charge on any atom is 0.128 e. The quantitative estimate of drug-likeness (QED) is 0.690. The summed E-state index contributed by atoms with van der Waals surface area (Å²) in [5.41, 5.74) is 0. The third kappa shape index (κ3) is 4.33. The molecule has 20 heavy (non-hydrogen) atoms. The van der Waals surface area contributed by atoms with Crippen molar-refractivity contribution in [2.75, 3.05) is 13.2 Å². The smallest absolute Gasteiger partial charge is 0.128 e. The lowest BCUT2D eigenvalue weighted by molar-refractivity contribution is -0.107. The second kappa shape index (κ2) is 8.20. The Labute approximate surface area is 135 Å². The van der Waals surface area contributed by atoms with Gasteiger partial charge in [0.05, 0.1) is 0 Å². The van der Waals surface area contributed by atoms with E-state index in [2.05, 4.69) is 53.9 Å². The summed E-state index contributed by atoms with van der Waals surface area (Å²) in [5, 5.41) is 3.55. The van der Waals surface area contributed by atoms with Gasteiger partial charge in [0.1, 0.15) is 18.0 Å². The first-order valence-electron chi connectivity index (χ1n) is 7.51. The van der Waals surface area contributed by atoms with Gasteiger partial charge in [0.25, 0.3) is 0 Å². The molecular formula is C16H24INO2. The highest BCUT2D eigenvalue weighted by Crippen LogP contribution is 2.30. The van der Waals surface area contributed by atoms with E-state index in [0.29, 0.717) is 6.04 Å². The van der Waals surface area contributed by atoms with Crippen molar-refractivity contribution < 1.29 is 9.47 Å². The second-order valence-electron chi connectivity index (χ2n) is 5.25. The van der Waals surface area contributed by atoms with Crippen LogP contribution in [0, 0.1) is 3.57 Å². The van der Waals surface area contributed by atoms with Crippen LogP contribution in [-0.4, -0.2) is 31.4 Å². The number of nitrogens with one attached hydrogen (secondary N) is 1. The van der Waals surface area contributed by atoms with Gasteiger partial charge < -0.3 is 14.8 Å². The van der Waals surface area contributed by atoms with Crippen LogP contribution in [0.3, 0.4) is 0 Å². The average Bonchev–Trinajstić information content (AvgIpc) is 2.42. The molecule has 3 unspecified atom stereocenters. The minimum absolute atomic E-state index is 0.175. The number of hydrogen-bond donors (Lipinski definition) is 1. The molecule has 1 fully saturated rings. The van der Waals surface area contributed by atoms with Crippen molar-refractivity contribution >= 4 is 22.6 Å². The number of benzene rings is 1. The molecular weight excluding hydrogens is 365 g/mol. The standard InChI is InChI=1S/C16H24INO2/c1-3-8-18-14-11-15(16(14)19-9-4-2)20-13-7-5-6-12(17)10-13/h5-7,10,14-16,18H,3-4,8-9,11H2,1-2H3. The summed E-state index contributed by atoms with van der Waals surface area (Å²) < 4.78 is 13.2. The first-order chi connectivity index (χ1) is 9.74. The van der Waals surface area contributed by atoms with E-state index < -0.39 is 0 Å². The van der Waals surface area contributed by atoms with E-state index in [1.165, 1.54) is 3.57 Å². The van der Waals surface area contributed by atoms with Crippen LogP contribution in [0.5, 0.6) is 5.75 Å². The van der Waals surface area contributed by atoms with Crippen molar-refractivity contribution in [2.45, 2.75) is 51.4 Å². The molecule has 1 aromatic rings. The second-order valence-corrected chi connectivity index (χ2v) is 6.49. The molecule has 1 aliphatic rings. The third-order valence-corrected chi connectivity index (χ3v) is 4.17. The summed E-state index contributed by atoms with van der Waals surface area (Å²) >= 11 is 2.31. The van der Waals surface area contributed by atoms with E-state index in [4.69, 9.17) is 9.47 Å². The van der Waals surface area contributed by atoms with Crippen molar-refractivity contribution in [2.24, 2.45) is 0 Å². The number of halogens is 1. The van der Waals surface area contributed by atoms with Crippen molar-refractivity contribution in [3.05, 3.63) is 27.8 Å². The molecule has 4 heteroatoms. The van der Waals surface area contributed by atoms with Gasteiger partial charge in [-0.15, -0.1) is 0 Å². The van der Waals surface area contributed by atoms with E-state index >= 15 is 0 Å². The average molecular weight is 389 g/mol. The Morgan fingerprint density at radius 2 is 2.15 bits per heavy atom. The van der Waals surface area contributed by atoms with Gasteiger partial charge in [-0.3, -0.25) is 0 Å². The zero-order valence-electron chi connectivity index (χ0n) is 12.3. The molecule has 0 spiro atoms. The van der Waals surface area contributed by atoms with E-state index in [1.54, 1.807) is 0 Å². The van der Waals surface area contributed by atoms with Crippen molar-refractivity contribution in [3.8, 4) is 5.75 Å². The first kappa shape index (κ1) is 16.0. The molecule has 0 saturated heterocycles. The van der Waals surface area contributed by atoms with E-state index in [1.807, 2.05) is 12.1 Å². The molecule has 0 bridgehead atoms. The number of ether oxygens (including phenoxy) is 2. The Balaban J connectivity index is 1.90. The van der Waals surface area contributed by atoms with Gasteiger partial charge >= 0.3 is 0 Å². The molecule has 112 valence electrons. The normalized spacial score (nSPS) is 25.2. The Hall–Kier alpha value is -0.330. The van der Waals surface area contributed by atoms with Crippen LogP contribution in [0.1, 0.15) is 33.1 Å². The molecule has 1 aromatic carbocycles. The zero-order valence-corrected chi connectivity index (χ0v) is 14.4. The summed E-state index contributed by atoms with van der Waals surface area (Å²) in [6.45, 7) is 6.18. The van der Waals surface area contributed by atoms with E-state index in [0.717, 1.165) is 38.2 Å². The first-order valence-corrected chi connectivity index (χ1v) is 8.59. The lowest BCUT2D eigenvalue weighted by Crippen LogP contribution is -2.61. The highest BCUT2D eigenvalue weighted by Gasteiger charge is 2.43. The van der Waals surface area contributed by atoms with Gasteiger partial charge in [0, 0.05) is 22.6 Å². The SMILES string of the molecule is CCCNC1CC(Oc2cccc(I)c2)C1OCCC. The molecule has 2 rings (SSSR count). The van der Waals surface area contributed by atoms with Crippen molar-refractivity contribution in [3.63, 3.8) is 0 Å². The lowest BCUT2D eigenvalue weighted by atomic mass is 9.85. The summed E-state index contributed by atoms with van der Waals surface area (Å²) in [6.07, 6.45) is 3.58. The van der Waals surface area contributed by atoms with Crippen LogP contribution in [0.2, 0.25) is 0 Å². The molecule has 3 atom stereocenters. The van der Waals surface area contributed by atoms with Gasteiger partial charge in [-0.1, -0.05) is 19.9 Å². The number of rotatable bonds is 8. The van der Waals surface area contributed by atoms with Crippen LogP contribution in [-0.2, 0) is 4.74 Å². The summed E-state index contributed by atoms with van der Waals surface area (Å²) in [6, 6.07) is 8.64. The van der Waals surface area contributed by atoms with E-state index in [-0.39, 0.29) is 12.2 Å². The molecule has 0 radical (unpaired) electrons. The fraction of sp³-hybridized carbons (Fsp3) is 0.625. The van der Waals surface area contributed by atoms with Crippen LogP contribution in [0.25, 0.3) is 0 Å². The molecule has 3 nitrogen and oxygen atoms in total. The summed E-state index contributed by atoms with van der Waals surface area (Å²) in [5.74, 6) is 0.945. The van der Waals surface area contributed by atoms with Crippen molar-refractivity contribution in [1.82, 2.24) is 5.32 Å². The molecule has 1 aliphatic carbocycles. The van der Waals surface area contributed by atoms with Gasteiger partial charge in [-0.25, -0.2) is 0 Å². The highest BCUT2D eigenvalue weighted by atomic mass is 127. The van der Waals surface area contributed by atoms with Gasteiger partial charge in [0.2, 0.25) is 0 Å². The third-order valence-electron chi connectivity index (χ3n) is 3.50. The topological polar surface area (TPSA) is 30.5 Å². The lowest BCUT2D eigenvalue weighted by Gasteiger charge is -2.44. The zero-order chi connectivity index (χ0) is 14.4. The van der Waals surface area contributed by atoms with Gasteiger partial charge in [-0.05, 0) is 60.2 Å². The minimum Gasteiger partial charge on any atom is -0.488 e. The maximum absolute atomic E-state index is 6.08. The Bertz CT molecular complexity index is 413. The molecule has 0 amide bonds. The Morgan fingerprint density at radius 1 is 1.30 bits per heavy atom. The predicted octanol–water partition coefficient (Wildman–Crippen LogP) is 3.61. The molecule has 1 saturated carbocycles. The van der Waals surface area contributed by atoms with Gasteiger partial charge in [-0.2, -0.15) is 0 Å². The fourth-order valence-corrected chi connectivity index (χ4v) is 2.93. The molecule has 0 aliphatic heterocycles. The molecule has 0 aromatic heterocycles. The highest BCUT2D eigenvalue weighted by molar-refractivity contribution is 14.1. The van der Waals surface area contributed by atoms with Crippen molar-refractivity contribution in [1.29, 1.82) is 0 Å². The molecule has 1 N–H and O–H groups in total. The largest absolute Gasteiger partial charge is 0.488 e. The summed E-state index contributed by atoms with van der Waals surface area (Å²) in [7, 11) is 0. The Morgan fingerprint density at radius 3 is 2.85 bits per heavy atom. The Kier molecular flexibility index (Phi) is 6.58. The maximum atomic E-state index is 6.08. The minimum atomic E-state index is 0.175. The van der Waals surface area contributed by atoms with Crippen LogP contribution in [0.15, 0.2) is 24.3 Å². The molecule has 0 heterocycles. The fourth-order valence-electron chi connectivity index (χ4n) is 2.42. The monoisotopic (exact) mass is 389 g/mol. The van der Waals surface area contributed by atoms with Crippen LogP contribution < -0.4 is 10.1 Å². The van der Waals surface area contributed by atoms with Crippen LogP contribution in [0.4, 0.5) is 0 Å². The summed E-state index contributed by atoms with van der Waals surface area (Å²) in [4.78, 5) is 0. The number of hydrogen-bond acceptors (Lipinski definition) is 3. The van der Waals surface area contributed by atoms with Gasteiger partial charge in [0.15, 0.2) is 0 Å².